The fourth-order valence-corrected chi connectivity index (χ4v) is 1.41. The second kappa shape index (κ2) is 2.84. The van der Waals surface area contributed by atoms with Crippen molar-refractivity contribution in [3.8, 4) is 0 Å². The van der Waals surface area contributed by atoms with Gasteiger partial charge >= 0.3 is 0 Å². The van der Waals surface area contributed by atoms with Crippen LogP contribution in [0.5, 0.6) is 0 Å². The first-order valence-corrected chi connectivity index (χ1v) is 3.60. The van der Waals surface area contributed by atoms with E-state index in [2.05, 4.69) is 0 Å². The van der Waals surface area contributed by atoms with Gasteiger partial charge in [-0.25, -0.2) is 4.39 Å². The third-order valence-electron chi connectivity index (χ3n) is 2.07. The van der Waals surface area contributed by atoms with Gasteiger partial charge in [-0.2, -0.15) is 0 Å². The number of likely N-dealkylation sites (tertiary alicyclic amines) is 1. The van der Waals surface area contributed by atoms with Crippen LogP contribution in [0.25, 0.3) is 0 Å². The number of alkyl halides is 1. The minimum absolute atomic E-state index is 0.102. The fraction of sp³-hybridized carbons (Fsp3) is 1.00. The third kappa shape index (κ3) is 1.47. The summed E-state index contributed by atoms with van der Waals surface area (Å²) >= 11 is 0. The normalized spacial score (nSPS) is 35.7. The fourth-order valence-electron chi connectivity index (χ4n) is 1.41. The van der Waals surface area contributed by atoms with Crippen molar-refractivity contribution in [1.82, 2.24) is 9.80 Å². The Hall–Kier alpha value is -0.150. The van der Waals surface area contributed by atoms with Crippen LogP contribution in [-0.2, 0) is 0 Å². The van der Waals surface area contributed by atoms with Crippen LogP contribution < -0.4 is 0 Å². The Kier molecular flexibility index (Phi) is 2.26. The first-order valence-electron chi connectivity index (χ1n) is 3.60. The molecule has 0 aromatic carbocycles. The summed E-state index contributed by atoms with van der Waals surface area (Å²) in [6, 6.07) is 0.102. The van der Waals surface area contributed by atoms with Crippen molar-refractivity contribution in [1.29, 1.82) is 0 Å². The zero-order valence-corrected chi connectivity index (χ0v) is 6.84. The van der Waals surface area contributed by atoms with Crippen molar-refractivity contribution in [2.45, 2.75) is 12.2 Å². The van der Waals surface area contributed by atoms with Crippen LogP contribution in [0.2, 0.25) is 0 Å². The highest BCUT2D eigenvalue weighted by atomic mass is 19.1. The molecule has 1 heterocycles. The molecule has 60 valence electrons. The summed E-state index contributed by atoms with van der Waals surface area (Å²) < 4.78 is 13.0. The molecule has 2 atom stereocenters. The second-order valence-electron chi connectivity index (χ2n) is 3.27. The predicted octanol–water partition coefficient (Wildman–Crippen LogP) is 0.200. The number of likely N-dealkylation sites (N-methyl/N-ethyl adjacent to an activating group) is 2. The van der Waals surface area contributed by atoms with Crippen molar-refractivity contribution in [2.75, 3.05) is 34.2 Å². The smallest absolute Gasteiger partial charge is 0.129 e. The van der Waals surface area contributed by atoms with Crippen LogP contribution in [0.3, 0.4) is 0 Å². The Balaban J connectivity index is 2.46. The van der Waals surface area contributed by atoms with Crippen molar-refractivity contribution in [2.24, 2.45) is 0 Å². The lowest BCUT2D eigenvalue weighted by Gasteiger charge is -2.19. The van der Waals surface area contributed by atoms with Gasteiger partial charge < -0.3 is 9.80 Å². The van der Waals surface area contributed by atoms with Gasteiger partial charge in [-0.05, 0) is 21.1 Å². The summed E-state index contributed by atoms with van der Waals surface area (Å²) in [5.74, 6) is 0. The van der Waals surface area contributed by atoms with Crippen LogP contribution in [0, 0.1) is 0 Å². The van der Waals surface area contributed by atoms with Crippen LogP contribution in [0.15, 0.2) is 0 Å². The lowest BCUT2D eigenvalue weighted by molar-refractivity contribution is 0.202. The highest BCUT2D eigenvalue weighted by molar-refractivity contribution is 4.87. The quantitative estimate of drug-likeness (QED) is 0.521. The highest BCUT2D eigenvalue weighted by Gasteiger charge is 2.31. The number of hydrogen-bond donors (Lipinski definition) is 0. The van der Waals surface area contributed by atoms with E-state index in [-0.39, 0.29) is 6.04 Å². The van der Waals surface area contributed by atoms with Gasteiger partial charge in [-0.15, -0.1) is 0 Å². The summed E-state index contributed by atoms with van der Waals surface area (Å²) in [4.78, 5) is 3.98. The maximum Gasteiger partial charge on any atom is 0.129 e. The first-order chi connectivity index (χ1) is 4.61. The third-order valence-corrected chi connectivity index (χ3v) is 2.07. The van der Waals surface area contributed by atoms with Gasteiger partial charge in [0.15, 0.2) is 0 Å². The molecule has 1 aliphatic rings. The Morgan fingerprint density at radius 3 is 2.20 bits per heavy atom. The first kappa shape index (κ1) is 7.95. The molecule has 0 spiro atoms. The Morgan fingerprint density at radius 2 is 2.00 bits per heavy atom. The molecule has 0 aromatic heterocycles. The monoisotopic (exact) mass is 146 g/mol. The van der Waals surface area contributed by atoms with Crippen LogP contribution in [0.1, 0.15) is 0 Å². The average Bonchev–Trinajstić information content (AvgIpc) is 2.10. The van der Waals surface area contributed by atoms with E-state index >= 15 is 0 Å². The Bertz CT molecular complexity index is 116. The molecule has 1 saturated heterocycles. The van der Waals surface area contributed by atoms with E-state index < -0.39 is 6.17 Å². The van der Waals surface area contributed by atoms with E-state index in [0.29, 0.717) is 6.54 Å². The van der Waals surface area contributed by atoms with Gasteiger partial charge in [0, 0.05) is 13.1 Å². The van der Waals surface area contributed by atoms with Gasteiger partial charge in [-0.3, -0.25) is 0 Å². The van der Waals surface area contributed by atoms with Crippen molar-refractivity contribution in [3.05, 3.63) is 0 Å². The average molecular weight is 146 g/mol. The topological polar surface area (TPSA) is 6.48 Å². The highest BCUT2D eigenvalue weighted by Crippen LogP contribution is 2.14. The second-order valence-corrected chi connectivity index (χ2v) is 3.27. The maximum absolute atomic E-state index is 13.0. The van der Waals surface area contributed by atoms with Crippen LogP contribution in [-0.4, -0.2) is 56.2 Å². The predicted molar refractivity (Wildman–Crippen MR) is 39.9 cm³/mol. The Labute approximate surface area is 61.6 Å². The minimum Gasteiger partial charge on any atom is -0.302 e. The van der Waals surface area contributed by atoms with Gasteiger partial charge in [0.2, 0.25) is 0 Å². The molecule has 0 aliphatic carbocycles. The molecule has 2 nitrogen and oxygen atoms in total. The minimum atomic E-state index is -0.667. The molecule has 3 heteroatoms. The van der Waals surface area contributed by atoms with Crippen LogP contribution in [0.4, 0.5) is 4.39 Å². The van der Waals surface area contributed by atoms with E-state index in [1.54, 1.807) is 0 Å². The number of rotatable bonds is 1. The van der Waals surface area contributed by atoms with Crippen molar-refractivity contribution < 1.29 is 4.39 Å². The van der Waals surface area contributed by atoms with Gasteiger partial charge in [0.05, 0.1) is 6.04 Å². The maximum atomic E-state index is 13.0. The lowest BCUT2D eigenvalue weighted by Crippen LogP contribution is -2.35. The van der Waals surface area contributed by atoms with E-state index in [0.717, 1.165) is 6.54 Å². The van der Waals surface area contributed by atoms with E-state index in [1.165, 1.54) is 0 Å². The molecule has 0 saturated carbocycles. The molecule has 0 aromatic rings. The van der Waals surface area contributed by atoms with Crippen molar-refractivity contribution >= 4 is 0 Å². The molecular weight excluding hydrogens is 131 g/mol. The molecular formula is C7H15FN2. The summed E-state index contributed by atoms with van der Waals surface area (Å²) in [5.41, 5.74) is 0. The molecule has 0 N–H and O–H groups in total. The lowest BCUT2D eigenvalue weighted by atomic mass is 10.2. The molecule has 0 radical (unpaired) electrons. The molecule has 10 heavy (non-hydrogen) atoms. The largest absolute Gasteiger partial charge is 0.302 e. The van der Waals surface area contributed by atoms with Gasteiger partial charge in [-0.1, -0.05) is 0 Å². The Morgan fingerprint density at radius 1 is 1.40 bits per heavy atom. The zero-order valence-electron chi connectivity index (χ0n) is 6.84. The van der Waals surface area contributed by atoms with Gasteiger partial charge in [0.1, 0.15) is 6.17 Å². The van der Waals surface area contributed by atoms with Crippen molar-refractivity contribution in [3.63, 3.8) is 0 Å². The summed E-state index contributed by atoms with van der Waals surface area (Å²) in [6.07, 6.45) is -0.667. The number of nitrogens with zero attached hydrogens (tertiary/aromatic N) is 2. The summed E-state index contributed by atoms with van der Waals surface area (Å²) in [6.45, 7) is 1.44. The van der Waals surface area contributed by atoms with E-state index in [4.69, 9.17) is 0 Å². The zero-order chi connectivity index (χ0) is 7.72. The van der Waals surface area contributed by atoms with Crippen LogP contribution >= 0.6 is 0 Å². The SMILES string of the molecule is CN1C[C@@H](N(C)C)[C@@H](F)C1. The molecule has 0 bridgehead atoms. The molecule has 0 amide bonds. The number of hydrogen-bond acceptors (Lipinski definition) is 2. The molecule has 1 rings (SSSR count). The van der Waals surface area contributed by atoms with Gasteiger partial charge in [0.25, 0.3) is 0 Å². The molecule has 0 unspecified atom stereocenters. The number of halogens is 1. The standard InChI is InChI=1S/C7H15FN2/c1-9(2)7-5-10(3)4-6(7)8/h6-7H,4-5H2,1-3H3/t6-,7+/m0/s1. The van der Waals surface area contributed by atoms with E-state index in [1.807, 2.05) is 30.9 Å². The summed E-state index contributed by atoms with van der Waals surface area (Å²) in [5, 5.41) is 0. The molecule has 1 fully saturated rings. The van der Waals surface area contributed by atoms with E-state index in [9.17, 15) is 4.39 Å². The molecule has 1 aliphatic heterocycles. The summed E-state index contributed by atoms with van der Waals surface area (Å²) in [7, 11) is 5.81.